The Morgan fingerprint density at radius 1 is 0.389 bits per heavy atom. The van der Waals surface area contributed by atoms with Gasteiger partial charge in [0, 0.05) is 55.8 Å². The quantitative estimate of drug-likeness (QED) is 0.0902. The topological polar surface area (TPSA) is 30.9 Å². The summed E-state index contributed by atoms with van der Waals surface area (Å²) in [6.45, 7) is 29.6. The summed E-state index contributed by atoms with van der Waals surface area (Å²) in [6, 6.07) is 82.9. The highest BCUT2D eigenvalue weighted by Gasteiger charge is 2.27. The number of aromatic nitrogens is 4. The first kappa shape index (κ1) is 66.8. The Morgan fingerprint density at radius 3 is 1.30 bits per heavy atom. The van der Waals surface area contributed by atoms with Crippen molar-refractivity contribution in [1.29, 1.82) is 0 Å². The second-order valence-corrected chi connectivity index (χ2v) is 20.2. The maximum Gasteiger partial charge on any atom is 0.165 e. The predicted octanol–water partition coefficient (Wildman–Crippen LogP) is 25.1. The zero-order valence-electron chi connectivity index (χ0n) is 53.9. The van der Waals surface area contributed by atoms with Crippen LogP contribution < -0.4 is 4.90 Å². The van der Waals surface area contributed by atoms with Crippen LogP contribution in [0.15, 0.2) is 336 Å². The first-order valence-electron chi connectivity index (χ1n) is 31.4. The van der Waals surface area contributed by atoms with Crippen molar-refractivity contribution in [3.8, 4) is 39.6 Å². The zero-order chi connectivity index (χ0) is 64.0. The van der Waals surface area contributed by atoms with Crippen LogP contribution in [0.4, 0.5) is 17.1 Å². The molecule has 0 bridgehead atoms. The molecule has 0 fully saturated rings. The number of fused-ring (bicyclic) bond motifs is 7. The van der Waals surface area contributed by atoms with Crippen LogP contribution in [0.1, 0.15) is 73.8 Å². The average molecular weight is 1180 g/mol. The van der Waals surface area contributed by atoms with Gasteiger partial charge in [-0.25, -0.2) is 4.98 Å². The molecule has 0 unspecified atom stereocenters. The lowest BCUT2D eigenvalue weighted by atomic mass is 9.99. The Kier molecular flexibility index (Phi) is 26.1. The van der Waals surface area contributed by atoms with Gasteiger partial charge in [0.25, 0.3) is 0 Å². The van der Waals surface area contributed by atoms with Crippen LogP contribution in [0.25, 0.3) is 89.0 Å². The molecule has 5 heteroatoms. The van der Waals surface area contributed by atoms with Gasteiger partial charge in [0.2, 0.25) is 0 Å². The maximum absolute atomic E-state index is 5.56. The van der Waals surface area contributed by atoms with E-state index in [1.165, 1.54) is 38.4 Å². The maximum atomic E-state index is 5.56. The third-order valence-electron chi connectivity index (χ3n) is 14.5. The summed E-state index contributed by atoms with van der Waals surface area (Å²) in [5, 5.41) is 3.55. The summed E-state index contributed by atoms with van der Waals surface area (Å²) in [6.07, 6.45) is 27.4. The van der Waals surface area contributed by atoms with Crippen molar-refractivity contribution in [3.05, 3.63) is 341 Å². The number of hydrogen-bond donors (Lipinski definition) is 0. The second-order valence-electron chi connectivity index (χ2n) is 20.2. The molecule has 0 amide bonds. The number of rotatable bonds is 12. The minimum Gasteiger partial charge on any atom is -0.311 e. The van der Waals surface area contributed by atoms with Crippen molar-refractivity contribution in [2.24, 2.45) is 0 Å². The molecule has 9 aromatic carbocycles. The first-order chi connectivity index (χ1) is 44.4. The standard InChI is InChI=1S/C63H45N5.C6H8.C5H8.C4H8.C3H6.2C2H6/c1-6-18-44(19-7-1)46-30-34-51(35-31-46)65(52-36-32-47(33-37-52)45-20-8-2-9-21-45)53-38-40-54(41-39-53)66-56-29-17-16-28-55(56)59-57(66)42-43-58-60(59)61-63(67(58)49-24-12-4-13-25-49)64-62(48-22-10-3-11-23-48)68(61)50-26-14-5-15-27-50;1-3-5-6-4-2;1-3-5-4-2;1-3-4-2;1-3-2;2*1-2/h1,3-8,10-43H,2,9H2;3-6H,1-2H2;3-5H,1H2,2H3;3-4H,1-2H3;3H,1H2,2H3;2*1-2H3/b;6-5-;5-4-;4-3-;;;. The van der Waals surface area contributed by atoms with E-state index >= 15 is 0 Å². The zero-order valence-corrected chi connectivity index (χ0v) is 53.9. The largest absolute Gasteiger partial charge is 0.311 e. The fourth-order valence-corrected chi connectivity index (χ4v) is 10.7. The van der Waals surface area contributed by atoms with E-state index in [0.29, 0.717) is 0 Å². The van der Waals surface area contributed by atoms with Gasteiger partial charge >= 0.3 is 0 Å². The highest BCUT2D eigenvalue weighted by atomic mass is 15.2. The molecule has 12 aromatic rings. The lowest BCUT2D eigenvalue weighted by Gasteiger charge is -2.26. The van der Waals surface area contributed by atoms with Crippen molar-refractivity contribution < 1.29 is 0 Å². The summed E-state index contributed by atoms with van der Waals surface area (Å²) in [7, 11) is 0. The molecule has 5 nitrogen and oxygen atoms in total. The normalized spacial score (nSPS) is 11.3. The monoisotopic (exact) mass is 1180 g/mol. The molecule has 1 aliphatic rings. The van der Waals surface area contributed by atoms with Gasteiger partial charge < -0.3 is 9.47 Å². The molecule has 0 atom stereocenters. The molecule has 0 spiro atoms. The summed E-state index contributed by atoms with van der Waals surface area (Å²) in [5.74, 6) is 0.904. The van der Waals surface area contributed by atoms with Crippen LogP contribution in [-0.4, -0.2) is 18.7 Å². The predicted molar refractivity (Wildman–Crippen MR) is 398 cm³/mol. The van der Waals surface area contributed by atoms with E-state index in [4.69, 9.17) is 4.98 Å². The molecule has 1 aliphatic carbocycles. The number of para-hydroxylation sites is 3. The van der Waals surface area contributed by atoms with Crippen LogP contribution in [0.2, 0.25) is 0 Å². The Labute approximate surface area is 536 Å². The molecule has 3 aromatic heterocycles. The molecule has 0 radical (unpaired) electrons. The van der Waals surface area contributed by atoms with Crippen molar-refractivity contribution in [2.75, 3.05) is 4.90 Å². The van der Waals surface area contributed by atoms with Gasteiger partial charge in [0.15, 0.2) is 5.65 Å². The molecule has 3 heterocycles. The van der Waals surface area contributed by atoms with Gasteiger partial charge in [-0.2, -0.15) is 0 Å². The van der Waals surface area contributed by atoms with Crippen LogP contribution in [0, 0.1) is 0 Å². The third kappa shape index (κ3) is 15.7. The van der Waals surface area contributed by atoms with Gasteiger partial charge in [-0.1, -0.05) is 266 Å². The summed E-state index contributed by atoms with van der Waals surface area (Å²) < 4.78 is 7.14. The molecule has 0 saturated heterocycles. The Balaban J connectivity index is 0.000000459. The van der Waals surface area contributed by atoms with Crippen LogP contribution in [0.3, 0.4) is 0 Å². The van der Waals surface area contributed by atoms with E-state index in [1.54, 1.807) is 24.3 Å². The van der Waals surface area contributed by atoms with E-state index in [-0.39, 0.29) is 0 Å². The Morgan fingerprint density at radius 2 is 0.822 bits per heavy atom. The number of benzene rings is 9. The van der Waals surface area contributed by atoms with Crippen LogP contribution >= 0.6 is 0 Å². The molecular formula is C85H87N5. The molecule has 0 aliphatic heterocycles. The highest BCUT2D eigenvalue weighted by Crippen LogP contribution is 2.45. The lowest BCUT2D eigenvalue weighted by molar-refractivity contribution is 1.04. The molecule has 0 N–H and O–H groups in total. The van der Waals surface area contributed by atoms with Crippen molar-refractivity contribution >= 4 is 66.5 Å². The first-order valence-corrected chi connectivity index (χ1v) is 31.4. The molecule has 13 rings (SSSR count). The van der Waals surface area contributed by atoms with Crippen molar-refractivity contribution in [2.45, 2.75) is 68.2 Å². The van der Waals surface area contributed by atoms with Gasteiger partial charge in [0.1, 0.15) is 11.3 Å². The van der Waals surface area contributed by atoms with Gasteiger partial charge in [-0.15, -0.1) is 6.58 Å². The minimum atomic E-state index is 0.904. The minimum absolute atomic E-state index is 0.904. The summed E-state index contributed by atoms with van der Waals surface area (Å²) >= 11 is 0. The van der Waals surface area contributed by atoms with Crippen molar-refractivity contribution in [1.82, 2.24) is 18.7 Å². The summed E-state index contributed by atoms with van der Waals surface area (Å²) in [4.78, 5) is 7.92. The average Bonchev–Trinajstić information content (AvgIpc) is 1.54. The molecule has 452 valence electrons. The number of allylic oxidation sites excluding steroid dienone is 14. The SMILES string of the molecule is C/C=C\C.C1=CC(c2ccc(N(c3ccc(-c4ccccc4)cc3)c3ccc(-n4c5ccccc5c5c6c7c(nc(-c8ccccc8)n7-c7ccccc7)n(-c7ccccc7)c6ccc54)cc3)cc2)=CCC1.C=C/C=C\C.C=C/C=C\C=C.C=CC.CC.CC. The van der Waals surface area contributed by atoms with Gasteiger partial charge in [0.05, 0.1) is 16.6 Å². The lowest BCUT2D eigenvalue weighted by Crippen LogP contribution is -2.10. The molecule has 90 heavy (non-hydrogen) atoms. The van der Waals surface area contributed by atoms with E-state index in [0.717, 1.165) is 86.1 Å². The number of nitrogens with zero attached hydrogens (tertiary/aromatic N) is 5. The number of hydrogen-bond acceptors (Lipinski definition) is 2. The highest BCUT2D eigenvalue weighted by molar-refractivity contribution is 6.28. The van der Waals surface area contributed by atoms with E-state index in [9.17, 15) is 0 Å². The number of imidazole rings is 1. The fourth-order valence-electron chi connectivity index (χ4n) is 10.7. The third-order valence-corrected chi connectivity index (χ3v) is 14.5. The fraction of sp³-hybridized carbons (Fsp3) is 0.118. The van der Waals surface area contributed by atoms with Crippen molar-refractivity contribution in [3.63, 3.8) is 0 Å². The Bertz CT molecular complexity index is 4320. The van der Waals surface area contributed by atoms with E-state index < -0.39 is 0 Å². The van der Waals surface area contributed by atoms with Gasteiger partial charge in [-0.3, -0.25) is 9.13 Å². The number of anilines is 3. The Hall–Kier alpha value is -10.8. The molecular weight excluding hydrogens is 1090 g/mol. The second kappa shape index (κ2) is 35.2. The summed E-state index contributed by atoms with van der Waals surface area (Å²) in [5.41, 5.74) is 17.9. The van der Waals surface area contributed by atoms with Crippen LogP contribution in [-0.2, 0) is 0 Å². The van der Waals surface area contributed by atoms with Gasteiger partial charge in [-0.05, 0) is 154 Å². The molecule has 0 saturated carbocycles. The van der Waals surface area contributed by atoms with E-state index in [1.807, 2.05) is 91.8 Å². The van der Waals surface area contributed by atoms with E-state index in [2.05, 4.69) is 294 Å². The smallest absolute Gasteiger partial charge is 0.165 e. The van der Waals surface area contributed by atoms with Crippen LogP contribution in [0.5, 0.6) is 0 Å².